The first-order valence-corrected chi connectivity index (χ1v) is 10.2. The van der Waals surface area contributed by atoms with E-state index in [1.165, 1.54) is 4.90 Å². The fourth-order valence-electron chi connectivity index (χ4n) is 2.84. The number of Topliss-reactive ketones (excluding diaryl/α,β-unsaturated/α-hetero) is 1. The van der Waals surface area contributed by atoms with Crippen LogP contribution in [0.15, 0.2) is 28.9 Å². The second kappa shape index (κ2) is 9.37. The van der Waals surface area contributed by atoms with Crippen LogP contribution in [0.5, 0.6) is 0 Å². The number of ketones is 1. The molecule has 0 radical (unpaired) electrons. The van der Waals surface area contributed by atoms with Gasteiger partial charge >= 0.3 is 6.09 Å². The molecule has 0 atom stereocenters. The molecule has 0 spiro atoms. The van der Waals surface area contributed by atoms with Gasteiger partial charge in [0.2, 0.25) is 0 Å². The number of pyridine rings is 1. The van der Waals surface area contributed by atoms with E-state index in [-0.39, 0.29) is 18.7 Å². The second-order valence-electron chi connectivity index (χ2n) is 7.56. The topological polar surface area (TPSA) is 71.5 Å². The standard InChI is InChI=1S/C21H28BrN3O3/c1-6-23-19-14(12-24-18-11-15(22)8-9-17(18)19)10-16(26)13-25(7-2)20(27)28-21(3,4)5/h8-9,11-12H,6-7,10,13H2,1-5H3,(H,23,24). The highest BCUT2D eigenvalue weighted by Crippen LogP contribution is 2.28. The number of halogens is 1. The number of hydrogen-bond acceptors (Lipinski definition) is 5. The monoisotopic (exact) mass is 449 g/mol. The average Bonchev–Trinajstić information content (AvgIpc) is 2.60. The first-order chi connectivity index (χ1) is 13.1. The van der Waals surface area contributed by atoms with Gasteiger partial charge in [0.25, 0.3) is 0 Å². The summed E-state index contributed by atoms with van der Waals surface area (Å²) in [4.78, 5) is 30.9. The van der Waals surface area contributed by atoms with E-state index < -0.39 is 11.7 Å². The van der Waals surface area contributed by atoms with Crippen LogP contribution >= 0.6 is 15.9 Å². The number of aromatic nitrogens is 1. The third-order valence-electron chi connectivity index (χ3n) is 4.05. The molecule has 6 nitrogen and oxygen atoms in total. The molecule has 152 valence electrons. The summed E-state index contributed by atoms with van der Waals surface area (Å²) in [6.45, 7) is 10.4. The van der Waals surface area contributed by atoms with Crippen molar-refractivity contribution in [3.63, 3.8) is 0 Å². The van der Waals surface area contributed by atoms with Crippen LogP contribution in [0.4, 0.5) is 10.5 Å². The summed E-state index contributed by atoms with van der Waals surface area (Å²) in [5.41, 5.74) is 1.99. The summed E-state index contributed by atoms with van der Waals surface area (Å²) < 4.78 is 6.33. The van der Waals surface area contributed by atoms with Gasteiger partial charge in [0.15, 0.2) is 5.78 Å². The van der Waals surface area contributed by atoms with Crippen molar-refractivity contribution < 1.29 is 14.3 Å². The Morgan fingerprint density at radius 1 is 1.25 bits per heavy atom. The number of anilines is 1. The molecule has 0 fully saturated rings. The van der Waals surface area contributed by atoms with E-state index in [4.69, 9.17) is 4.74 Å². The first-order valence-electron chi connectivity index (χ1n) is 9.45. The van der Waals surface area contributed by atoms with Gasteiger partial charge in [-0.15, -0.1) is 0 Å². The Hall–Kier alpha value is -2.15. The fourth-order valence-corrected chi connectivity index (χ4v) is 3.19. The minimum Gasteiger partial charge on any atom is -0.444 e. The number of nitrogens with zero attached hydrogens (tertiary/aromatic N) is 2. The number of benzene rings is 1. The van der Waals surface area contributed by atoms with Crippen molar-refractivity contribution in [2.45, 2.75) is 46.6 Å². The smallest absolute Gasteiger partial charge is 0.410 e. The molecule has 1 heterocycles. The fraction of sp³-hybridized carbons (Fsp3) is 0.476. The molecule has 1 aromatic carbocycles. The zero-order valence-corrected chi connectivity index (χ0v) is 18.7. The van der Waals surface area contributed by atoms with Crippen LogP contribution in [-0.4, -0.2) is 47.0 Å². The van der Waals surface area contributed by atoms with E-state index in [0.29, 0.717) is 6.54 Å². The van der Waals surface area contributed by atoms with Crippen LogP contribution in [0.1, 0.15) is 40.2 Å². The Kier molecular flexibility index (Phi) is 7.41. The van der Waals surface area contributed by atoms with Gasteiger partial charge in [-0.2, -0.15) is 0 Å². The maximum absolute atomic E-state index is 12.7. The molecule has 0 saturated heterocycles. The van der Waals surface area contributed by atoms with Crippen LogP contribution in [-0.2, 0) is 16.0 Å². The van der Waals surface area contributed by atoms with E-state index in [2.05, 4.69) is 26.2 Å². The molecule has 7 heteroatoms. The number of ether oxygens (including phenoxy) is 1. The van der Waals surface area contributed by atoms with Crippen molar-refractivity contribution in [2.24, 2.45) is 0 Å². The lowest BCUT2D eigenvalue weighted by atomic mass is 10.0. The van der Waals surface area contributed by atoms with Gasteiger partial charge in [-0.1, -0.05) is 15.9 Å². The molecule has 2 aromatic rings. The highest BCUT2D eigenvalue weighted by molar-refractivity contribution is 9.10. The average molecular weight is 450 g/mol. The van der Waals surface area contributed by atoms with Crippen molar-refractivity contribution in [3.8, 4) is 0 Å². The Balaban J connectivity index is 2.20. The summed E-state index contributed by atoms with van der Waals surface area (Å²) >= 11 is 3.46. The Morgan fingerprint density at radius 2 is 1.96 bits per heavy atom. The third-order valence-corrected chi connectivity index (χ3v) is 4.54. The normalized spacial score (nSPS) is 11.4. The van der Waals surface area contributed by atoms with Gasteiger partial charge in [-0.3, -0.25) is 9.78 Å². The molecule has 0 aliphatic rings. The predicted octanol–water partition coefficient (Wildman–Crippen LogP) is 4.80. The zero-order chi connectivity index (χ0) is 20.9. The molecule has 0 aliphatic heterocycles. The molecule has 1 amide bonds. The third kappa shape index (κ3) is 5.92. The van der Waals surface area contributed by atoms with Crippen LogP contribution in [0.25, 0.3) is 10.9 Å². The minimum atomic E-state index is -0.595. The van der Waals surface area contributed by atoms with E-state index in [9.17, 15) is 9.59 Å². The van der Waals surface area contributed by atoms with Crippen LogP contribution in [0.2, 0.25) is 0 Å². The van der Waals surface area contributed by atoms with Crippen LogP contribution in [0.3, 0.4) is 0 Å². The number of carbonyl (C=O) groups excluding carboxylic acids is 2. The van der Waals surface area contributed by atoms with E-state index >= 15 is 0 Å². The van der Waals surface area contributed by atoms with Gasteiger partial charge in [0.05, 0.1) is 12.1 Å². The van der Waals surface area contributed by atoms with E-state index in [1.807, 2.05) is 52.8 Å². The van der Waals surface area contributed by atoms with Crippen LogP contribution in [0, 0.1) is 0 Å². The number of likely N-dealkylation sites (N-methyl/N-ethyl adjacent to an activating group) is 1. The molecule has 28 heavy (non-hydrogen) atoms. The SMILES string of the molecule is CCNc1c(CC(=O)CN(CC)C(=O)OC(C)(C)C)cnc2cc(Br)ccc12. The van der Waals surface area contributed by atoms with Gasteiger partial charge in [-0.05, 0) is 52.8 Å². The highest BCUT2D eigenvalue weighted by atomic mass is 79.9. The molecule has 0 saturated carbocycles. The molecular weight excluding hydrogens is 422 g/mol. The number of rotatable bonds is 7. The van der Waals surface area contributed by atoms with Gasteiger partial charge in [0.1, 0.15) is 5.60 Å². The lowest BCUT2D eigenvalue weighted by Gasteiger charge is -2.26. The largest absolute Gasteiger partial charge is 0.444 e. The minimum absolute atomic E-state index is 0.00928. The molecule has 0 aliphatic carbocycles. The van der Waals surface area contributed by atoms with Gasteiger partial charge < -0.3 is 15.0 Å². The number of carbonyl (C=O) groups is 2. The molecule has 1 N–H and O–H groups in total. The summed E-state index contributed by atoms with van der Waals surface area (Å²) in [6.07, 6.45) is 1.45. The van der Waals surface area contributed by atoms with Gasteiger partial charge in [0, 0.05) is 46.8 Å². The predicted molar refractivity (Wildman–Crippen MR) is 116 cm³/mol. The lowest BCUT2D eigenvalue weighted by molar-refractivity contribution is -0.119. The number of amides is 1. The maximum atomic E-state index is 12.7. The van der Waals surface area contributed by atoms with E-state index in [0.717, 1.165) is 33.2 Å². The van der Waals surface area contributed by atoms with Gasteiger partial charge in [-0.25, -0.2) is 4.79 Å². The quantitative estimate of drug-likeness (QED) is 0.657. The number of nitrogens with one attached hydrogen (secondary N) is 1. The number of fused-ring (bicyclic) bond motifs is 1. The van der Waals surface area contributed by atoms with Crippen LogP contribution < -0.4 is 5.32 Å². The van der Waals surface area contributed by atoms with Crippen molar-refractivity contribution in [3.05, 3.63) is 34.4 Å². The Labute approximate surface area is 174 Å². The first kappa shape index (κ1) is 22.1. The molecule has 2 rings (SSSR count). The lowest BCUT2D eigenvalue weighted by Crippen LogP contribution is -2.40. The molecule has 0 unspecified atom stereocenters. The summed E-state index contributed by atoms with van der Waals surface area (Å²) in [7, 11) is 0. The Bertz CT molecular complexity index is 862. The molecule has 0 bridgehead atoms. The van der Waals surface area contributed by atoms with E-state index in [1.54, 1.807) is 6.20 Å². The molecule has 1 aromatic heterocycles. The van der Waals surface area contributed by atoms with Crippen molar-refractivity contribution >= 4 is 44.4 Å². The van der Waals surface area contributed by atoms with Crippen molar-refractivity contribution in [2.75, 3.05) is 25.0 Å². The summed E-state index contributed by atoms with van der Waals surface area (Å²) in [5.74, 6) is -0.0647. The second-order valence-corrected chi connectivity index (χ2v) is 8.48. The highest BCUT2D eigenvalue weighted by Gasteiger charge is 2.23. The Morgan fingerprint density at radius 3 is 2.57 bits per heavy atom. The maximum Gasteiger partial charge on any atom is 0.410 e. The zero-order valence-electron chi connectivity index (χ0n) is 17.1. The summed E-state index contributed by atoms with van der Waals surface area (Å²) in [5, 5.41) is 4.32. The van der Waals surface area contributed by atoms with Crippen molar-refractivity contribution in [1.82, 2.24) is 9.88 Å². The molecular formula is C21H28BrN3O3. The van der Waals surface area contributed by atoms with Crippen molar-refractivity contribution in [1.29, 1.82) is 0 Å². The number of hydrogen-bond donors (Lipinski definition) is 1. The summed E-state index contributed by atoms with van der Waals surface area (Å²) in [6, 6.07) is 5.89.